The van der Waals surface area contributed by atoms with Crippen molar-refractivity contribution in [3.63, 3.8) is 0 Å². The summed E-state index contributed by atoms with van der Waals surface area (Å²) in [5.41, 5.74) is -2.76. The van der Waals surface area contributed by atoms with E-state index in [4.69, 9.17) is 14.2 Å². The smallest absolute Gasteiger partial charge is 0.303 e. The van der Waals surface area contributed by atoms with Crippen LogP contribution in [0, 0.1) is 34.5 Å². The highest BCUT2D eigenvalue weighted by Gasteiger charge is 2.77. The molecule has 4 aliphatic rings. The van der Waals surface area contributed by atoms with E-state index in [0.29, 0.717) is 17.6 Å². The van der Waals surface area contributed by atoms with Crippen molar-refractivity contribution in [1.82, 2.24) is 0 Å². The maximum atomic E-state index is 14.4. The minimum Gasteiger partial charge on any atom is -0.461 e. The molecule has 0 heterocycles. The minimum absolute atomic E-state index is 0.0379. The summed E-state index contributed by atoms with van der Waals surface area (Å²) in [4.78, 5) is 50.5. The van der Waals surface area contributed by atoms with Crippen LogP contribution in [0.2, 0.25) is 0 Å². The highest BCUT2D eigenvalue weighted by molar-refractivity contribution is 5.95. The monoisotopic (exact) mass is 474 g/mol. The maximum Gasteiger partial charge on any atom is 0.303 e. The molecular weight excluding hydrogens is 440 g/mol. The molecule has 1 spiro atoms. The highest BCUT2D eigenvalue weighted by Crippen LogP contribution is 2.71. The predicted molar refractivity (Wildman–Crippen MR) is 120 cm³/mol. The van der Waals surface area contributed by atoms with Crippen molar-refractivity contribution in [3.8, 4) is 0 Å². The first kappa shape index (κ1) is 24.6. The molecule has 0 saturated heterocycles. The molecule has 0 amide bonds. The molecule has 4 rings (SSSR count). The zero-order valence-electron chi connectivity index (χ0n) is 20.8. The summed E-state index contributed by atoms with van der Waals surface area (Å²) in [7, 11) is 0. The van der Waals surface area contributed by atoms with Gasteiger partial charge in [-0.25, -0.2) is 0 Å². The number of allylic oxidation sites excluding steroid dienone is 1. The van der Waals surface area contributed by atoms with Gasteiger partial charge in [0.05, 0.1) is 5.41 Å². The molecule has 0 radical (unpaired) electrons. The first-order valence-electron chi connectivity index (χ1n) is 11.8. The molecular formula is C26H34O8. The zero-order chi connectivity index (χ0) is 25.4. The molecule has 0 aromatic carbocycles. The third-order valence-corrected chi connectivity index (χ3v) is 8.69. The Balaban J connectivity index is 1.99. The molecule has 2 saturated carbocycles. The lowest BCUT2D eigenvalue weighted by molar-refractivity contribution is -0.211. The third kappa shape index (κ3) is 3.21. The second-order valence-corrected chi connectivity index (χ2v) is 11.1. The van der Waals surface area contributed by atoms with Gasteiger partial charge < -0.3 is 19.3 Å². The van der Waals surface area contributed by atoms with Crippen LogP contribution < -0.4 is 0 Å². The van der Waals surface area contributed by atoms with Crippen molar-refractivity contribution >= 4 is 23.7 Å². The lowest BCUT2D eigenvalue weighted by Gasteiger charge is -2.49. The van der Waals surface area contributed by atoms with Crippen molar-refractivity contribution in [2.45, 2.75) is 72.7 Å². The van der Waals surface area contributed by atoms with E-state index in [-0.39, 0.29) is 35.6 Å². The van der Waals surface area contributed by atoms with Crippen molar-refractivity contribution in [2.24, 2.45) is 34.5 Å². The Kier molecular flexibility index (Phi) is 5.63. The van der Waals surface area contributed by atoms with Gasteiger partial charge in [-0.15, -0.1) is 0 Å². The van der Waals surface area contributed by atoms with Crippen LogP contribution in [-0.4, -0.2) is 53.2 Å². The molecule has 34 heavy (non-hydrogen) atoms. The molecule has 8 atom stereocenters. The van der Waals surface area contributed by atoms with Crippen LogP contribution in [0.4, 0.5) is 0 Å². The molecule has 8 nitrogen and oxygen atoms in total. The zero-order valence-corrected chi connectivity index (χ0v) is 20.8. The van der Waals surface area contributed by atoms with Gasteiger partial charge in [0.25, 0.3) is 0 Å². The molecule has 0 aromatic heterocycles. The van der Waals surface area contributed by atoms with Crippen molar-refractivity contribution in [2.75, 3.05) is 6.61 Å². The molecule has 4 aliphatic carbocycles. The first-order valence-corrected chi connectivity index (χ1v) is 11.8. The Morgan fingerprint density at radius 2 is 1.65 bits per heavy atom. The van der Waals surface area contributed by atoms with E-state index in [1.54, 1.807) is 19.1 Å². The van der Waals surface area contributed by atoms with E-state index in [1.807, 2.05) is 6.92 Å². The van der Waals surface area contributed by atoms with Crippen molar-refractivity contribution in [1.29, 1.82) is 0 Å². The quantitative estimate of drug-likeness (QED) is 0.375. The van der Waals surface area contributed by atoms with E-state index in [9.17, 15) is 24.3 Å². The standard InChI is InChI=1S/C26H34O8/c1-12-10-25-13(2)8-19-20(24(19,6)7)18(21(25)30)9-17(11-32-14(3)27)23(34-16(5)29)26(25,31)22(12)33-15(4)28/h9-10,13,18-20,22-23,31H,8,11H2,1-7H3/t13?,18-,19+,20-,22-,23+,25-,26+/m0/s1. The van der Waals surface area contributed by atoms with Crippen LogP contribution in [-0.2, 0) is 33.4 Å². The van der Waals surface area contributed by atoms with Crippen molar-refractivity contribution in [3.05, 3.63) is 23.3 Å². The summed E-state index contributed by atoms with van der Waals surface area (Å²) < 4.78 is 16.6. The molecule has 2 bridgehead atoms. The summed E-state index contributed by atoms with van der Waals surface area (Å²) >= 11 is 0. The molecule has 1 unspecified atom stereocenters. The Labute approximate surface area is 199 Å². The lowest BCUT2D eigenvalue weighted by Crippen LogP contribution is -2.66. The van der Waals surface area contributed by atoms with Crippen LogP contribution in [0.1, 0.15) is 54.9 Å². The molecule has 186 valence electrons. The van der Waals surface area contributed by atoms with E-state index in [0.717, 1.165) is 0 Å². The van der Waals surface area contributed by atoms with Gasteiger partial charge in [-0.3, -0.25) is 19.2 Å². The van der Waals surface area contributed by atoms with Gasteiger partial charge in [0, 0.05) is 32.3 Å². The summed E-state index contributed by atoms with van der Waals surface area (Å²) in [6.45, 7) is 11.4. The van der Waals surface area contributed by atoms with E-state index >= 15 is 0 Å². The number of esters is 3. The van der Waals surface area contributed by atoms with Crippen molar-refractivity contribution < 1.29 is 38.5 Å². The summed E-state index contributed by atoms with van der Waals surface area (Å²) in [5, 5.41) is 12.6. The molecule has 8 heteroatoms. The van der Waals surface area contributed by atoms with Gasteiger partial charge in [0.1, 0.15) is 6.61 Å². The number of Topliss-reactive ketones (excluding diaryl/α,β-unsaturated/α-hetero) is 1. The SMILES string of the molecule is CC(=O)OCC1=C[C@@H]2C(=O)[C@]3(C=C(C)[C@H](OC(C)=O)[C@@]3(O)[C@@H]1OC(C)=O)C(C)C[C@@H]1[C@H]2C1(C)C. The number of carbonyl (C=O) groups excluding carboxylic acids is 4. The summed E-state index contributed by atoms with van der Waals surface area (Å²) in [6, 6.07) is 0. The Bertz CT molecular complexity index is 1020. The fourth-order valence-electron chi connectivity index (χ4n) is 7.24. The number of ketones is 1. The normalized spacial score (nSPS) is 41.6. The van der Waals surface area contributed by atoms with E-state index in [1.165, 1.54) is 20.8 Å². The van der Waals surface area contributed by atoms with Crippen LogP contribution >= 0.6 is 0 Å². The molecule has 2 fully saturated rings. The third-order valence-electron chi connectivity index (χ3n) is 8.69. The Morgan fingerprint density at radius 1 is 1.06 bits per heavy atom. The number of aliphatic hydroxyl groups is 1. The molecule has 1 N–H and O–H groups in total. The topological polar surface area (TPSA) is 116 Å². The fraction of sp³-hybridized carbons (Fsp3) is 0.692. The van der Waals surface area contributed by atoms with Crippen LogP contribution in [0.3, 0.4) is 0 Å². The largest absolute Gasteiger partial charge is 0.461 e. The maximum absolute atomic E-state index is 14.4. The number of carbonyl (C=O) groups is 4. The average Bonchev–Trinajstić information content (AvgIpc) is 3.20. The predicted octanol–water partition coefficient (Wildman–Crippen LogP) is 2.53. The van der Waals surface area contributed by atoms with Gasteiger partial charge in [0.2, 0.25) is 0 Å². The molecule has 0 aromatic rings. The van der Waals surface area contributed by atoms with Gasteiger partial charge in [-0.1, -0.05) is 32.9 Å². The van der Waals surface area contributed by atoms with Crippen LogP contribution in [0.25, 0.3) is 0 Å². The molecule has 0 aliphatic heterocycles. The van der Waals surface area contributed by atoms with Crippen LogP contribution in [0.15, 0.2) is 23.3 Å². The van der Waals surface area contributed by atoms with Gasteiger partial charge in [0.15, 0.2) is 23.6 Å². The number of ether oxygens (including phenoxy) is 3. The van der Waals surface area contributed by atoms with Gasteiger partial charge >= 0.3 is 17.9 Å². The van der Waals surface area contributed by atoms with Crippen LogP contribution in [0.5, 0.6) is 0 Å². The highest BCUT2D eigenvalue weighted by atomic mass is 16.6. The van der Waals surface area contributed by atoms with Gasteiger partial charge in [-0.05, 0) is 42.1 Å². The second-order valence-electron chi connectivity index (χ2n) is 11.1. The number of rotatable bonds is 4. The summed E-state index contributed by atoms with van der Waals surface area (Å²) in [5.74, 6) is -2.61. The average molecular weight is 475 g/mol. The Morgan fingerprint density at radius 3 is 2.21 bits per heavy atom. The summed E-state index contributed by atoms with van der Waals surface area (Å²) in [6.07, 6.45) is 1.60. The lowest BCUT2D eigenvalue weighted by atomic mass is 9.59. The van der Waals surface area contributed by atoms with Gasteiger partial charge in [-0.2, -0.15) is 0 Å². The first-order chi connectivity index (χ1) is 15.7. The number of hydrogen-bond acceptors (Lipinski definition) is 8. The second kappa shape index (κ2) is 7.77. The minimum atomic E-state index is -2.09. The van der Waals surface area contributed by atoms with E-state index in [2.05, 4.69) is 13.8 Å². The number of fused-ring (bicyclic) bond motifs is 3. The fourth-order valence-corrected chi connectivity index (χ4v) is 7.24. The Hall–Kier alpha value is -2.48. The van der Waals surface area contributed by atoms with E-state index < -0.39 is 47.0 Å². The number of hydrogen-bond donors (Lipinski definition) is 1.